The number of likely N-dealkylation sites (N-methyl/N-ethyl adjacent to an activating group) is 1. The van der Waals surface area contributed by atoms with Gasteiger partial charge in [0.15, 0.2) is 5.96 Å². The van der Waals surface area contributed by atoms with E-state index >= 15 is 0 Å². The van der Waals surface area contributed by atoms with Crippen molar-refractivity contribution in [1.29, 1.82) is 0 Å². The number of aliphatic imine (C=N–C) groups is 1. The van der Waals surface area contributed by atoms with E-state index in [0.29, 0.717) is 12.0 Å². The molecule has 0 aliphatic carbocycles. The van der Waals surface area contributed by atoms with Crippen LogP contribution in [0, 0.1) is 5.92 Å². The Morgan fingerprint density at radius 1 is 1.07 bits per heavy atom. The smallest absolute Gasteiger partial charge is 0.193 e. The van der Waals surface area contributed by atoms with Gasteiger partial charge in [0.05, 0.1) is 13.2 Å². The van der Waals surface area contributed by atoms with Gasteiger partial charge >= 0.3 is 0 Å². The van der Waals surface area contributed by atoms with Crippen molar-refractivity contribution in [2.24, 2.45) is 10.9 Å². The molecule has 7 nitrogen and oxygen atoms in total. The number of guanidine groups is 1. The second-order valence-corrected chi connectivity index (χ2v) is 8.31. The molecule has 3 saturated heterocycles. The van der Waals surface area contributed by atoms with Crippen molar-refractivity contribution in [3.8, 4) is 0 Å². The van der Waals surface area contributed by atoms with Crippen molar-refractivity contribution in [3.63, 3.8) is 0 Å². The van der Waals surface area contributed by atoms with Crippen molar-refractivity contribution in [2.45, 2.75) is 26.3 Å². The number of nitrogens with zero attached hydrogens (tertiary/aromatic N) is 5. The van der Waals surface area contributed by atoms with Gasteiger partial charge in [0.2, 0.25) is 0 Å². The van der Waals surface area contributed by atoms with Crippen LogP contribution in [0.1, 0.15) is 20.3 Å². The Bertz CT molecular complexity index is 459. The highest BCUT2D eigenvalue weighted by molar-refractivity contribution is 5.80. The van der Waals surface area contributed by atoms with Crippen LogP contribution < -0.4 is 5.32 Å². The Morgan fingerprint density at radius 3 is 2.44 bits per heavy atom. The SMILES string of the molecule is CCN1CCN(CC(C)CNC(=NC)N2CCC(N3CCOCC3)C2)CC1. The van der Waals surface area contributed by atoms with Crippen molar-refractivity contribution < 1.29 is 4.74 Å². The van der Waals surface area contributed by atoms with E-state index < -0.39 is 0 Å². The molecule has 27 heavy (non-hydrogen) atoms. The van der Waals surface area contributed by atoms with Crippen LogP contribution in [0.25, 0.3) is 0 Å². The van der Waals surface area contributed by atoms with Crippen molar-refractivity contribution in [1.82, 2.24) is 24.9 Å². The van der Waals surface area contributed by atoms with Gasteiger partial charge in [-0.1, -0.05) is 13.8 Å². The van der Waals surface area contributed by atoms with Gasteiger partial charge in [0.25, 0.3) is 0 Å². The average Bonchev–Trinajstić information content (AvgIpc) is 3.20. The molecule has 0 aromatic rings. The lowest BCUT2D eigenvalue weighted by molar-refractivity contribution is 0.0195. The quantitative estimate of drug-likeness (QED) is 0.526. The molecule has 0 amide bonds. The lowest BCUT2D eigenvalue weighted by atomic mass is 10.1. The second-order valence-electron chi connectivity index (χ2n) is 8.31. The molecule has 0 aromatic carbocycles. The van der Waals surface area contributed by atoms with Gasteiger partial charge < -0.3 is 24.8 Å². The summed E-state index contributed by atoms with van der Waals surface area (Å²) in [7, 11) is 1.92. The van der Waals surface area contributed by atoms with E-state index in [-0.39, 0.29) is 0 Å². The summed E-state index contributed by atoms with van der Waals surface area (Å²) in [6, 6.07) is 0.653. The molecule has 2 atom stereocenters. The third-order valence-electron chi connectivity index (χ3n) is 6.33. The number of rotatable bonds is 6. The molecule has 0 radical (unpaired) electrons. The maximum atomic E-state index is 5.50. The fourth-order valence-electron chi connectivity index (χ4n) is 4.57. The largest absolute Gasteiger partial charge is 0.379 e. The predicted octanol–water partition coefficient (Wildman–Crippen LogP) is 0.242. The summed E-state index contributed by atoms with van der Waals surface area (Å²) in [5.41, 5.74) is 0. The third kappa shape index (κ3) is 6.04. The number of likely N-dealkylation sites (tertiary alicyclic amines) is 1. The molecule has 3 heterocycles. The Hall–Kier alpha value is -0.890. The zero-order chi connectivity index (χ0) is 19.1. The van der Waals surface area contributed by atoms with Crippen LogP contribution >= 0.6 is 0 Å². The molecule has 0 spiro atoms. The lowest BCUT2D eigenvalue weighted by Gasteiger charge is -2.35. The molecule has 3 aliphatic rings. The van der Waals surface area contributed by atoms with Gasteiger partial charge in [-0.2, -0.15) is 0 Å². The second kappa shape index (κ2) is 10.6. The summed E-state index contributed by atoms with van der Waals surface area (Å²) < 4.78 is 5.50. The maximum absolute atomic E-state index is 5.50. The van der Waals surface area contributed by atoms with Gasteiger partial charge in [-0.3, -0.25) is 9.89 Å². The van der Waals surface area contributed by atoms with Crippen LogP contribution in [0.5, 0.6) is 0 Å². The number of morpholine rings is 1. The summed E-state index contributed by atoms with van der Waals surface area (Å²) in [5.74, 6) is 1.71. The zero-order valence-electron chi connectivity index (χ0n) is 17.7. The highest BCUT2D eigenvalue weighted by atomic mass is 16.5. The normalized spacial score (nSPS) is 27.9. The molecule has 2 unspecified atom stereocenters. The highest BCUT2D eigenvalue weighted by Gasteiger charge is 2.30. The maximum Gasteiger partial charge on any atom is 0.193 e. The number of nitrogens with one attached hydrogen (secondary N) is 1. The van der Waals surface area contributed by atoms with E-state index in [1.807, 2.05) is 7.05 Å². The average molecular weight is 381 g/mol. The Balaban J connectivity index is 1.37. The van der Waals surface area contributed by atoms with E-state index in [1.165, 1.54) is 45.7 Å². The van der Waals surface area contributed by atoms with E-state index in [9.17, 15) is 0 Å². The van der Waals surface area contributed by atoms with Crippen molar-refractivity contribution in [3.05, 3.63) is 0 Å². The number of hydrogen-bond donors (Lipinski definition) is 1. The zero-order valence-corrected chi connectivity index (χ0v) is 17.7. The highest BCUT2D eigenvalue weighted by Crippen LogP contribution is 2.17. The molecule has 3 rings (SSSR count). The molecule has 7 heteroatoms. The van der Waals surface area contributed by atoms with Gasteiger partial charge in [-0.25, -0.2) is 0 Å². The number of piperazine rings is 1. The molecule has 3 fully saturated rings. The third-order valence-corrected chi connectivity index (χ3v) is 6.33. The van der Waals surface area contributed by atoms with Gasteiger partial charge in [0.1, 0.15) is 0 Å². The first kappa shape index (κ1) is 20.8. The topological polar surface area (TPSA) is 46.6 Å². The molecule has 3 aliphatic heterocycles. The summed E-state index contributed by atoms with van der Waals surface area (Å²) >= 11 is 0. The fourth-order valence-corrected chi connectivity index (χ4v) is 4.57. The fraction of sp³-hybridized carbons (Fsp3) is 0.950. The Morgan fingerprint density at radius 2 is 1.78 bits per heavy atom. The monoisotopic (exact) mass is 380 g/mol. The van der Waals surface area contributed by atoms with Crippen LogP contribution in [0.4, 0.5) is 0 Å². The minimum absolute atomic E-state index is 0.632. The molecule has 0 saturated carbocycles. The van der Waals surface area contributed by atoms with E-state index in [1.54, 1.807) is 0 Å². The first-order valence-electron chi connectivity index (χ1n) is 10.9. The summed E-state index contributed by atoms with van der Waals surface area (Å²) in [4.78, 5) is 14.7. The first-order chi connectivity index (χ1) is 13.2. The van der Waals surface area contributed by atoms with Crippen LogP contribution in [-0.4, -0.2) is 124 Å². The molecular weight excluding hydrogens is 340 g/mol. The molecular formula is C20H40N6O. The minimum Gasteiger partial charge on any atom is -0.379 e. The predicted molar refractivity (Wildman–Crippen MR) is 111 cm³/mol. The van der Waals surface area contributed by atoms with Gasteiger partial charge in [-0.15, -0.1) is 0 Å². The molecule has 0 aromatic heterocycles. The molecule has 1 N–H and O–H groups in total. The number of hydrogen-bond acceptors (Lipinski definition) is 5. The Labute approximate surface area is 165 Å². The summed E-state index contributed by atoms with van der Waals surface area (Å²) in [6.07, 6.45) is 1.23. The standard InChI is InChI=1S/C20H40N6O/c1-4-23-7-9-24(10-8-23)16-18(2)15-22-20(21-3)26-6-5-19(17-26)25-11-13-27-14-12-25/h18-19H,4-17H2,1-3H3,(H,21,22). The summed E-state index contributed by atoms with van der Waals surface area (Å²) in [5, 5.41) is 3.64. The van der Waals surface area contributed by atoms with Gasteiger partial charge in [0, 0.05) is 78.5 Å². The van der Waals surface area contributed by atoms with E-state index in [4.69, 9.17) is 4.74 Å². The molecule has 0 bridgehead atoms. The van der Waals surface area contributed by atoms with Gasteiger partial charge in [-0.05, 0) is 18.9 Å². The van der Waals surface area contributed by atoms with Crippen molar-refractivity contribution >= 4 is 5.96 Å². The Kier molecular flexibility index (Phi) is 8.18. The van der Waals surface area contributed by atoms with E-state index in [0.717, 1.165) is 51.9 Å². The first-order valence-corrected chi connectivity index (χ1v) is 10.9. The number of ether oxygens (including phenoxy) is 1. The van der Waals surface area contributed by atoms with Crippen molar-refractivity contribution in [2.75, 3.05) is 92.3 Å². The van der Waals surface area contributed by atoms with Crippen LogP contribution in [0.2, 0.25) is 0 Å². The molecule has 156 valence electrons. The van der Waals surface area contributed by atoms with Crippen LogP contribution in [-0.2, 0) is 4.74 Å². The lowest BCUT2D eigenvalue weighted by Crippen LogP contribution is -2.49. The van der Waals surface area contributed by atoms with E-state index in [2.05, 4.69) is 43.8 Å². The van der Waals surface area contributed by atoms with Crippen LogP contribution in [0.3, 0.4) is 0 Å². The summed E-state index contributed by atoms with van der Waals surface area (Å²) in [6.45, 7) is 18.9. The minimum atomic E-state index is 0.632. The van der Waals surface area contributed by atoms with Crippen LogP contribution in [0.15, 0.2) is 4.99 Å².